The molecule has 8 heteroatoms. The zero-order chi connectivity index (χ0) is 16.4. The van der Waals surface area contributed by atoms with Crippen LogP contribution in [-0.4, -0.2) is 66.4 Å². The van der Waals surface area contributed by atoms with Gasteiger partial charge in [-0.05, 0) is 11.4 Å². The molecule has 7 nitrogen and oxygen atoms in total. The monoisotopic (exact) mass is 330 g/mol. The molecule has 0 aromatic carbocycles. The van der Waals surface area contributed by atoms with Gasteiger partial charge >= 0.3 is 0 Å². The van der Waals surface area contributed by atoms with Gasteiger partial charge in [-0.25, -0.2) is 0 Å². The number of nitrogens with one attached hydrogen (secondary N) is 1. The van der Waals surface area contributed by atoms with Crippen molar-refractivity contribution in [3.63, 3.8) is 0 Å². The number of amides is 1. The van der Waals surface area contributed by atoms with Crippen molar-refractivity contribution in [2.75, 3.05) is 26.7 Å². The van der Waals surface area contributed by atoms with E-state index in [1.54, 1.807) is 18.4 Å². The Morgan fingerprint density at radius 2 is 2.32 bits per heavy atom. The molecule has 1 fully saturated rings. The SMILES string of the molecule is CO[C@H]1CN(CCC(=O)NCc2cccs2)C[C@@H]1O.O=CO. The molecule has 1 amide bonds. The summed E-state index contributed by atoms with van der Waals surface area (Å²) in [5, 5.41) is 21.5. The first-order valence-electron chi connectivity index (χ1n) is 6.90. The Balaban J connectivity index is 0.000000745. The molecule has 2 heterocycles. The Kier molecular flexibility index (Phi) is 8.68. The molecule has 0 aliphatic carbocycles. The van der Waals surface area contributed by atoms with E-state index in [-0.39, 0.29) is 18.5 Å². The number of likely N-dealkylation sites (tertiary alicyclic amines) is 1. The third kappa shape index (κ3) is 6.52. The van der Waals surface area contributed by atoms with Crippen LogP contribution in [0.4, 0.5) is 0 Å². The van der Waals surface area contributed by atoms with E-state index < -0.39 is 6.10 Å². The maximum absolute atomic E-state index is 11.7. The van der Waals surface area contributed by atoms with Gasteiger partial charge in [0, 0.05) is 38.0 Å². The number of carboxylic acid groups (broad SMARTS) is 1. The molecule has 1 aliphatic heterocycles. The Hall–Kier alpha value is -1.48. The van der Waals surface area contributed by atoms with E-state index in [4.69, 9.17) is 14.6 Å². The Bertz CT molecular complexity index is 440. The molecule has 2 atom stereocenters. The first-order chi connectivity index (χ1) is 10.6. The Morgan fingerprint density at radius 3 is 2.86 bits per heavy atom. The largest absolute Gasteiger partial charge is 0.483 e. The number of β-amino-alcohol motifs (C(OH)–C–C–N with tert-alkyl or cyclic N) is 1. The summed E-state index contributed by atoms with van der Waals surface area (Å²) in [6, 6.07) is 3.98. The number of aliphatic hydroxyl groups excluding tert-OH is 1. The highest BCUT2D eigenvalue weighted by molar-refractivity contribution is 7.09. The smallest absolute Gasteiger partial charge is 0.290 e. The summed E-state index contributed by atoms with van der Waals surface area (Å²) >= 11 is 1.64. The van der Waals surface area contributed by atoms with Crippen LogP contribution in [0.15, 0.2) is 17.5 Å². The summed E-state index contributed by atoms with van der Waals surface area (Å²) in [4.78, 5) is 23.3. The summed E-state index contributed by atoms with van der Waals surface area (Å²) in [6.07, 6.45) is -0.123. The third-order valence-electron chi connectivity index (χ3n) is 3.31. The molecule has 1 aromatic rings. The van der Waals surface area contributed by atoms with E-state index in [1.807, 2.05) is 17.5 Å². The van der Waals surface area contributed by atoms with Gasteiger partial charge in [0.25, 0.3) is 6.47 Å². The number of carbonyl (C=O) groups excluding carboxylic acids is 1. The minimum absolute atomic E-state index is 0.0451. The van der Waals surface area contributed by atoms with E-state index in [0.29, 0.717) is 32.6 Å². The molecule has 0 bridgehead atoms. The molecule has 0 saturated carbocycles. The molecular weight excluding hydrogens is 308 g/mol. The molecule has 22 heavy (non-hydrogen) atoms. The number of aliphatic hydroxyl groups is 1. The zero-order valence-electron chi connectivity index (χ0n) is 12.5. The second-order valence-corrected chi connectivity index (χ2v) is 5.84. The highest BCUT2D eigenvalue weighted by atomic mass is 32.1. The first kappa shape index (κ1) is 18.6. The summed E-state index contributed by atoms with van der Waals surface area (Å²) in [5.74, 6) is 0.0451. The average molecular weight is 330 g/mol. The quantitative estimate of drug-likeness (QED) is 0.642. The molecule has 2 rings (SSSR count). The van der Waals surface area contributed by atoms with Gasteiger partial charge in [-0.3, -0.25) is 14.5 Å². The fraction of sp³-hybridized carbons (Fsp3) is 0.571. The Labute approximate surface area is 133 Å². The lowest BCUT2D eigenvalue weighted by molar-refractivity contribution is -0.123. The maximum Gasteiger partial charge on any atom is 0.290 e. The second kappa shape index (κ2) is 10.3. The van der Waals surface area contributed by atoms with E-state index >= 15 is 0 Å². The molecule has 124 valence electrons. The van der Waals surface area contributed by atoms with Crippen molar-refractivity contribution in [1.82, 2.24) is 10.2 Å². The molecule has 1 saturated heterocycles. The van der Waals surface area contributed by atoms with Crippen LogP contribution in [0.3, 0.4) is 0 Å². The summed E-state index contributed by atoms with van der Waals surface area (Å²) in [7, 11) is 1.60. The average Bonchev–Trinajstić information content (AvgIpc) is 3.13. The molecular formula is C14H22N2O5S. The number of nitrogens with zero attached hydrogens (tertiary/aromatic N) is 1. The van der Waals surface area contributed by atoms with Crippen LogP contribution in [0.2, 0.25) is 0 Å². The van der Waals surface area contributed by atoms with E-state index in [0.717, 1.165) is 4.88 Å². The highest BCUT2D eigenvalue weighted by Gasteiger charge is 2.30. The number of thiophene rings is 1. The molecule has 1 aliphatic rings. The topological polar surface area (TPSA) is 99.1 Å². The number of hydrogen-bond acceptors (Lipinski definition) is 6. The third-order valence-corrected chi connectivity index (χ3v) is 4.19. The van der Waals surface area contributed by atoms with Crippen molar-refractivity contribution in [3.05, 3.63) is 22.4 Å². The molecule has 1 aromatic heterocycles. The lowest BCUT2D eigenvalue weighted by Crippen LogP contribution is -2.30. The van der Waals surface area contributed by atoms with Crippen LogP contribution in [0.1, 0.15) is 11.3 Å². The summed E-state index contributed by atoms with van der Waals surface area (Å²) in [6.45, 7) is 2.28. The van der Waals surface area contributed by atoms with Crippen molar-refractivity contribution < 1.29 is 24.5 Å². The molecule has 0 radical (unpaired) electrons. The van der Waals surface area contributed by atoms with Crippen LogP contribution in [0.25, 0.3) is 0 Å². The van der Waals surface area contributed by atoms with Gasteiger partial charge in [0.2, 0.25) is 5.91 Å². The zero-order valence-corrected chi connectivity index (χ0v) is 13.3. The standard InChI is InChI=1S/C13H20N2O3S.CH2O2/c1-18-12-9-15(8-11(12)16)5-4-13(17)14-7-10-3-2-6-19-10;2-1-3/h2-3,6,11-12,16H,4-5,7-9H2,1H3,(H,14,17);1H,(H,2,3)/t11-,12-;/m0./s1. The molecule has 3 N–H and O–H groups in total. The van der Waals surface area contributed by atoms with Gasteiger partial charge in [-0.2, -0.15) is 0 Å². The predicted molar refractivity (Wildman–Crippen MR) is 82.7 cm³/mol. The maximum atomic E-state index is 11.7. The number of methoxy groups -OCH3 is 1. The van der Waals surface area contributed by atoms with Crippen LogP contribution in [-0.2, 0) is 20.9 Å². The highest BCUT2D eigenvalue weighted by Crippen LogP contribution is 2.13. The number of hydrogen-bond donors (Lipinski definition) is 3. The van der Waals surface area contributed by atoms with Crippen LogP contribution >= 0.6 is 11.3 Å². The number of rotatable bonds is 6. The van der Waals surface area contributed by atoms with Gasteiger partial charge in [0.15, 0.2) is 0 Å². The lowest BCUT2D eigenvalue weighted by atomic mass is 10.3. The minimum Gasteiger partial charge on any atom is -0.483 e. The van der Waals surface area contributed by atoms with Crippen molar-refractivity contribution in [3.8, 4) is 0 Å². The fourth-order valence-corrected chi connectivity index (χ4v) is 2.84. The number of carbonyl (C=O) groups is 2. The summed E-state index contributed by atoms with van der Waals surface area (Å²) in [5.41, 5.74) is 0. The van der Waals surface area contributed by atoms with Crippen LogP contribution in [0, 0.1) is 0 Å². The van der Waals surface area contributed by atoms with E-state index in [9.17, 15) is 9.90 Å². The molecule has 0 spiro atoms. The van der Waals surface area contributed by atoms with Gasteiger partial charge in [-0.15, -0.1) is 11.3 Å². The van der Waals surface area contributed by atoms with Crippen molar-refractivity contribution in [2.24, 2.45) is 0 Å². The Morgan fingerprint density at radius 1 is 1.59 bits per heavy atom. The van der Waals surface area contributed by atoms with E-state index in [1.165, 1.54) is 0 Å². The summed E-state index contributed by atoms with van der Waals surface area (Å²) < 4.78 is 5.17. The van der Waals surface area contributed by atoms with Gasteiger partial charge < -0.3 is 20.3 Å². The minimum atomic E-state index is -0.445. The number of ether oxygens (including phenoxy) is 1. The normalized spacial score (nSPS) is 21.0. The van der Waals surface area contributed by atoms with Gasteiger partial charge in [-0.1, -0.05) is 6.07 Å². The van der Waals surface area contributed by atoms with Gasteiger partial charge in [0.05, 0.1) is 18.8 Å². The van der Waals surface area contributed by atoms with Gasteiger partial charge in [0.1, 0.15) is 0 Å². The lowest BCUT2D eigenvalue weighted by Gasteiger charge is -2.14. The van der Waals surface area contributed by atoms with E-state index in [2.05, 4.69) is 10.2 Å². The molecule has 0 unspecified atom stereocenters. The fourth-order valence-electron chi connectivity index (χ4n) is 2.19. The van der Waals surface area contributed by atoms with Crippen LogP contribution in [0.5, 0.6) is 0 Å². The van der Waals surface area contributed by atoms with Crippen molar-refractivity contribution in [2.45, 2.75) is 25.2 Å². The van der Waals surface area contributed by atoms with Crippen molar-refractivity contribution >= 4 is 23.7 Å². The predicted octanol–water partition coefficient (Wildman–Crippen LogP) is 0.147. The first-order valence-corrected chi connectivity index (χ1v) is 7.78. The second-order valence-electron chi connectivity index (χ2n) is 4.81. The van der Waals surface area contributed by atoms with Crippen LogP contribution < -0.4 is 5.32 Å². The van der Waals surface area contributed by atoms with Crippen molar-refractivity contribution in [1.29, 1.82) is 0 Å².